The molecule has 20 heavy (non-hydrogen) atoms. The van der Waals surface area contributed by atoms with Gasteiger partial charge in [0.25, 0.3) is 0 Å². The Bertz CT molecular complexity index is 552. The lowest BCUT2D eigenvalue weighted by molar-refractivity contribution is 0.172. The summed E-state index contributed by atoms with van der Waals surface area (Å²) in [7, 11) is -3.36. The van der Waals surface area contributed by atoms with Gasteiger partial charge in [0.15, 0.2) is 0 Å². The van der Waals surface area contributed by atoms with Crippen LogP contribution < -0.4 is 0 Å². The van der Waals surface area contributed by atoms with Crippen molar-refractivity contribution in [1.29, 1.82) is 0 Å². The molecule has 6 heteroatoms. The molecule has 1 aromatic rings. The molecule has 1 aliphatic heterocycles. The molecule has 0 radical (unpaired) electrons. The van der Waals surface area contributed by atoms with Crippen LogP contribution >= 0.6 is 15.9 Å². The maximum absolute atomic E-state index is 12.6. The van der Waals surface area contributed by atoms with Crippen molar-refractivity contribution < 1.29 is 8.42 Å². The van der Waals surface area contributed by atoms with Crippen LogP contribution in [0, 0.1) is 5.92 Å². The van der Waals surface area contributed by atoms with Crippen molar-refractivity contribution in [1.82, 2.24) is 9.21 Å². The molecule has 2 rings (SSSR count). The van der Waals surface area contributed by atoms with Crippen molar-refractivity contribution in [2.75, 3.05) is 32.7 Å². The maximum atomic E-state index is 12.6. The minimum absolute atomic E-state index is 0.365. The van der Waals surface area contributed by atoms with E-state index >= 15 is 0 Å². The number of rotatable bonds is 4. The zero-order chi connectivity index (χ0) is 14.8. The molecule has 0 aromatic heterocycles. The first-order valence-electron chi connectivity index (χ1n) is 6.87. The molecular formula is C14H21BrN2O2S. The number of nitrogens with zero attached hydrogens (tertiary/aromatic N) is 2. The normalized spacial score (nSPS) is 18.6. The van der Waals surface area contributed by atoms with E-state index in [-0.39, 0.29) is 0 Å². The Morgan fingerprint density at radius 3 is 2.40 bits per heavy atom. The molecule has 1 fully saturated rings. The van der Waals surface area contributed by atoms with E-state index in [0.717, 1.165) is 24.1 Å². The minimum atomic E-state index is -3.36. The van der Waals surface area contributed by atoms with E-state index in [2.05, 4.69) is 34.7 Å². The van der Waals surface area contributed by atoms with Crippen molar-refractivity contribution >= 4 is 26.0 Å². The summed E-state index contributed by atoms with van der Waals surface area (Å²) >= 11 is 3.32. The van der Waals surface area contributed by atoms with E-state index in [0.29, 0.717) is 23.9 Å². The van der Waals surface area contributed by atoms with Gasteiger partial charge in [-0.15, -0.1) is 0 Å². The SMILES string of the molecule is CC(C)CN1CCN(S(=O)(=O)c2cccc(Br)c2)CC1. The lowest BCUT2D eigenvalue weighted by atomic mass is 10.2. The molecule has 0 unspecified atom stereocenters. The zero-order valence-electron chi connectivity index (χ0n) is 11.9. The van der Waals surface area contributed by atoms with E-state index in [9.17, 15) is 8.42 Å². The highest BCUT2D eigenvalue weighted by Gasteiger charge is 2.28. The second-order valence-corrected chi connectivity index (χ2v) is 8.41. The van der Waals surface area contributed by atoms with Crippen LogP contribution in [0.1, 0.15) is 13.8 Å². The molecule has 1 saturated heterocycles. The summed E-state index contributed by atoms with van der Waals surface area (Å²) in [6.45, 7) is 8.17. The van der Waals surface area contributed by atoms with Gasteiger partial charge in [-0.3, -0.25) is 0 Å². The van der Waals surface area contributed by atoms with Crippen LogP contribution in [0.4, 0.5) is 0 Å². The van der Waals surface area contributed by atoms with Crippen LogP contribution in [-0.4, -0.2) is 50.3 Å². The molecule has 1 heterocycles. The molecule has 4 nitrogen and oxygen atoms in total. The number of hydrogen-bond donors (Lipinski definition) is 0. The van der Waals surface area contributed by atoms with Crippen LogP contribution in [0.3, 0.4) is 0 Å². The van der Waals surface area contributed by atoms with Gasteiger partial charge < -0.3 is 4.90 Å². The van der Waals surface area contributed by atoms with E-state index in [4.69, 9.17) is 0 Å². The van der Waals surface area contributed by atoms with Gasteiger partial charge in [0.05, 0.1) is 4.90 Å². The molecular weight excluding hydrogens is 340 g/mol. The van der Waals surface area contributed by atoms with E-state index < -0.39 is 10.0 Å². The van der Waals surface area contributed by atoms with Crippen molar-refractivity contribution in [3.05, 3.63) is 28.7 Å². The Kier molecular flexibility index (Phi) is 5.23. The molecule has 0 spiro atoms. The van der Waals surface area contributed by atoms with Gasteiger partial charge in [0.1, 0.15) is 0 Å². The number of piperazine rings is 1. The summed E-state index contributed by atoms with van der Waals surface area (Å²) in [6, 6.07) is 6.90. The van der Waals surface area contributed by atoms with Crippen LogP contribution in [0.5, 0.6) is 0 Å². The number of hydrogen-bond acceptors (Lipinski definition) is 3. The van der Waals surface area contributed by atoms with Gasteiger partial charge in [0.2, 0.25) is 10.0 Å². The topological polar surface area (TPSA) is 40.6 Å². The van der Waals surface area contributed by atoms with Gasteiger partial charge >= 0.3 is 0 Å². The van der Waals surface area contributed by atoms with Gasteiger partial charge in [-0.05, 0) is 24.1 Å². The average Bonchev–Trinajstić information content (AvgIpc) is 2.38. The summed E-state index contributed by atoms with van der Waals surface area (Å²) in [5.74, 6) is 0.614. The first-order chi connectivity index (χ1) is 9.39. The molecule has 1 aromatic carbocycles. The van der Waals surface area contributed by atoms with Gasteiger partial charge in [-0.1, -0.05) is 35.8 Å². The Hall–Kier alpha value is -0.430. The highest BCUT2D eigenvalue weighted by atomic mass is 79.9. The lowest BCUT2D eigenvalue weighted by Crippen LogP contribution is -2.49. The Morgan fingerprint density at radius 1 is 1.20 bits per heavy atom. The van der Waals surface area contributed by atoms with Crippen molar-refractivity contribution in [2.24, 2.45) is 5.92 Å². The molecule has 0 bridgehead atoms. The van der Waals surface area contributed by atoms with E-state index in [1.807, 2.05) is 6.07 Å². The van der Waals surface area contributed by atoms with Crippen LogP contribution in [-0.2, 0) is 10.0 Å². The van der Waals surface area contributed by atoms with Crippen molar-refractivity contribution in [3.63, 3.8) is 0 Å². The largest absolute Gasteiger partial charge is 0.300 e. The third kappa shape index (κ3) is 3.81. The minimum Gasteiger partial charge on any atom is -0.300 e. The Morgan fingerprint density at radius 2 is 1.85 bits per heavy atom. The highest BCUT2D eigenvalue weighted by molar-refractivity contribution is 9.10. The zero-order valence-corrected chi connectivity index (χ0v) is 14.3. The Labute approximate surface area is 129 Å². The molecule has 0 atom stereocenters. The molecule has 112 valence electrons. The fourth-order valence-electron chi connectivity index (χ4n) is 2.45. The Balaban J connectivity index is 2.06. The summed E-state index contributed by atoms with van der Waals surface area (Å²) in [6.07, 6.45) is 0. The monoisotopic (exact) mass is 360 g/mol. The number of benzene rings is 1. The average molecular weight is 361 g/mol. The highest BCUT2D eigenvalue weighted by Crippen LogP contribution is 2.21. The molecule has 0 saturated carbocycles. The summed E-state index contributed by atoms with van der Waals surface area (Å²) < 4.78 is 27.5. The van der Waals surface area contributed by atoms with Gasteiger partial charge in [0, 0.05) is 37.2 Å². The summed E-state index contributed by atoms with van der Waals surface area (Å²) in [4.78, 5) is 2.70. The molecule has 0 N–H and O–H groups in total. The van der Waals surface area contributed by atoms with Gasteiger partial charge in [-0.2, -0.15) is 4.31 Å². The summed E-state index contributed by atoms with van der Waals surface area (Å²) in [5, 5.41) is 0. The van der Waals surface area contributed by atoms with Gasteiger partial charge in [-0.25, -0.2) is 8.42 Å². The first-order valence-corrected chi connectivity index (χ1v) is 9.11. The third-order valence-corrected chi connectivity index (χ3v) is 5.78. The second-order valence-electron chi connectivity index (χ2n) is 5.56. The summed E-state index contributed by atoms with van der Waals surface area (Å²) in [5.41, 5.74) is 0. The third-order valence-electron chi connectivity index (χ3n) is 3.39. The smallest absolute Gasteiger partial charge is 0.243 e. The first kappa shape index (κ1) is 15.9. The standard InChI is InChI=1S/C14H21BrN2O2S/c1-12(2)11-16-6-8-17(9-7-16)20(18,19)14-5-3-4-13(15)10-14/h3-5,10,12H,6-9,11H2,1-2H3. The quantitative estimate of drug-likeness (QED) is 0.827. The van der Waals surface area contributed by atoms with Crippen LogP contribution in [0.25, 0.3) is 0 Å². The fraction of sp³-hybridized carbons (Fsp3) is 0.571. The number of sulfonamides is 1. The van der Waals surface area contributed by atoms with Crippen molar-refractivity contribution in [2.45, 2.75) is 18.7 Å². The second kappa shape index (κ2) is 6.56. The lowest BCUT2D eigenvalue weighted by Gasteiger charge is -2.34. The van der Waals surface area contributed by atoms with Crippen LogP contribution in [0.15, 0.2) is 33.6 Å². The molecule has 0 amide bonds. The molecule has 1 aliphatic rings. The van der Waals surface area contributed by atoms with E-state index in [1.165, 1.54) is 0 Å². The maximum Gasteiger partial charge on any atom is 0.243 e. The predicted molar refractivity (Wildman–Crippen MR) is 84.2 cm³/mol. The predicted octanol–water partition coefficient (Wildman–Crippen LogP) is 2.41. The molecule has 0 aliphatic carbocycles. The van der Waals surface area contributed by atoms with Crippen LogP contribution in [0.2, 0.25) is 0 Å². The fourth-order valence-corrected chi connectivity index (χ4v) is 4.46. The number of halogens is 1. The van der Waals surface area contributed by atoms with E-state index in [1.54, 1.807) is 22.5 Å². The van der Waals surface area contributed by atoms with Crippen molar-refractivity contribution in [3.8, 4) is 0 Å².